The first-order chi connectivity index (χ1) is 15.1. The van der Waals surface area contributed by atoms with Gasteiger partial charge in [-0.3, -0.25) is 14.5 Å². The molecule has 2 aromatic rings. The second-order valence-corrected chi connectivity index (χ2v) is 8.12. The average molecular weight is 490 g/mol. The van der Waals surface area contributed by atoms with Crippen LogP contribution in [0.3, 0.4) is 0 Å². The van der Waals surface area contributed by atoms with Crippen LogP contribution in [-0.2, 0) is 14.2 Å². The third-order valence-electron chi connectivity index (χ3n) is 5.16. The predicted octanol–water partition coefficient (Wildman–Crippen LogP) is 3.96. The lowest BCUT2D eigenvalue weighted by Crippen LogP contribution is -2.35. The molecule has 8 heteroatoms. The van der Waals surface area contributed by atoms with E-state index in [2.05, 4.69) is 15.9 Å². The molecule has 4 rings (SSSR count). The molecule has 31 heavy (non-hydrogen) atoms. The average Bonchev–Trinajstić information content (AvgIpc) is 3.03. The van der Waals surface area contributed by atoms with E-state index in [0.717, 1.165) is 15.8 Å². The van der Waals surface area contributed by atoms with Gasteiger partial charge in [-0.15, -0.1) is 0 Å². The highest BCUT2D eigenvalue weighted by Gasteiger charge is 2.34. The highest BCUT2D eigenvalue weighted by atomic mass is 79.9. The maximum absolute atomic E-state index is 12.4. The van der Waals surface area contributed by atoms with Crippen LogP contribution in [0.1, 0.15) is 45.9 Å². The first-order valence-electron chi connectivity index (χ1n) is 10.3. The van der Waals surface area contributed by atoms with Crippen LogP contribution in [0.25, 0.3) is 0 Å². The highest BCUT2D eigenvalue weighted by molar-refractivity contribution is 9.10. The van der Waals surface area contributed by atoms with Crippen molar-refractivity contribution in [1.29, 1.82) is 0 Å². The largest absolute Gasteiger partial charge is 0.494 e. The molecule has 0 aromatic heterocycles. The maximum Gasteiger partial charge on any atom is 0.261 e. The molecule has 7 nitrogen and oxygen atoms in total. The molecule has 2 aliphatic heterocycles. The summed E-state index contributed by atoms with van der Waals surface area (Å²) in [5.74, 6) is 0.278. The van der Waals surface area contributed by atoms with Crippen LogP contribution in [0.5, 0.6) is 5.75 Å². The van der Waals surface area contributed by atoms with Gasteiger partial charge >= 0.3 is 0 Å². The molecular weight excluding hydrogens is 466 g/mol. The molecule has 0 bridgehead atoms. The molecule has 164 valence electrons. The second kappa shape index (κ2) is 9.91. The Hall–Kier alpha value is -2.26. The van der Waals surface area contributed by atoms with Crippen molar-refractivity contribution in [2.75, 3.05) is 33.0 Å². The number of ether oxygens (including phenoxy) is 4. The lowest BCUT2D eigenvalue weighted by atomic mass is 10.1. The van der Waals surface area contributed by atoms with Crippen molar-refractivity contribution in [1.82, 2.24) is 4.90 Å². The predicted molar refractivity (Wildman–Crippen MR) is 116 cm³/mol. The first-order valence-corrected chi connectivity index (χ1v) is 11.1. The summed E-state index contributed by atoms with van der Waals surface area (Å²) in [6.07, 6.45) is -0.145. The summed E-state index contributed by atoms with van der Waals surface area (Å²) in [4.78, 5) is 26.0. The van der Waals surface area contributed by atoms with Crippen LogP contribution in [0.15, 0.2) is 46.9 Å². The molecule has 2 aliphatic rings. The van der Waals surface area contributed by atoms with Crippen LogP contribution in [0.2, 0.25) is 0 Å². The number of fused-ring (bicyclic) bond motifs is 1. The summed E-state index contributed by atoms with van der Waals surface area (Å²) in [6, 6.07) is 12.6. The maximum atomic E-state index is 12.4. The third kappa shape index (κ3) is 4.82. The molecular formula is C23H24BrNO6. The Kier molecular flexibility index (Phi) is 7.02. The topological polar surface area (TPSA) is 74.3 Å². The zero-order valence-corrected chi connectivity index (χ0v) is 18.8. The lowest BCUT2D eigenvalue weighted by Gasteiger charge is -2.30. The molecule has 0 saturated carbocycles. The number of imide groups is 1. The Morgan fingerprint density at radius 3 is 2.39 bits per heavy atom. The van der Waals surface area contributed by atoms with Gasteiger partial charge in [-0.1, -0.05) is 28.1 Å². The fraction of sp³-hybridized carbons (Fsp3) is 0.391. The van der Waals surface area contributed by atoms with Crippen molar-refractivity contribution in [3.8, 4) is 5.75 Å². The van der Waals surface area contributed by atoms with E-state index in [0.29, 0.717) is 50.5 Å². The van der Waals surface area contributed by atoms with E-state index in [1.807, 2.05) is 25.1 Å². The Morgan fingerprint density at radius 1 is 1.06 bits per heavy atom. The number of amides is 2. The minimum atomic E-state index is -0.493. The van der Waals surface area contributed by atoms with Gasteiger partial charge in [0.25, 0.3) is 11.8 Å². The molecule has 0 radical (unpaired) electrons. The van der Waals surface area contributed by atoms with Crippen molar-refractivity contribution >= 4 is 27.7 Å². The lowest BCUT2D eigenvalue weighted by molar-refractivity contribution is -0.230. The summed E-state index contributed by atoms with van der Waals surface area (Å²) in [5.41, 5.74) is 1.80. The summed E-state index contributed by atoms with van der Waals surface area (Å²) >= 11 is 3.53. The van der Waals surface area contributed by atoms with Gasteiger partial charge in [-0.25, -0.2) is 0 Å². The molecule has 1 saturated heterocycles. The van der Waals surface area contributed by atoms with E-state index in [1.54, 1.807) is 24.3 Å². The van der Waals surface area contributed by atoms with Gasteiger partial charge in [0.1, 0.15) is 11.9 Å². The van der Waals surface area contributed by atoms with Crippen molar-refractivity contribution < 1.29 is 28.5 Å². The minimum absolute atomic E-state index is 0.202. The molecule has 2 heterocycles. The zero-order chi connectivity index (χ0) is 21.8. The zero-order valence-electron chi connectivity index (χ0n) is 17.2. The summed E-state index contributed by atoms with van der Waals surface area (Å²) in [6.45, 7) is 4.03. The van der Waals surface area contributed by atoms with Crippen LogP contribution >= 0.6 is 15.9 Å². The summed E-state index contributed by atoms with van der Waals surface area (Å²) in [5, 5.41) is 0. The highest BCUT2D eigenvalue weighted by Crippen LogP contribution is 2.33. The number of rotatable bonds is 8. The minimum Gasteiger partial charge on any atom is -0.494 e. The van der Waals surface area contributed by atoms with Gasteiger partial charge in [-0.2, -0.15) is 0 Å². The normalized spacial score (nSPS) is 20.8. The Morgan fingerprint density at radius 2 is 1.74 bits per heavy atom. The molecule has 0 spiro atoms. The van der Waals surface area contributed by atoms with Gasteiger partial charge in [0, 0.05) is 23.2 Å². The number of carbonyl (C=O) groups is 2. The number of carbonyl (C=O) groups excluding carboxylic acids is 2. The SMILES string of the molecule is CCOc1ccc(Br)c(C2OCC(OCCCN3C(=O)c4ccccc4C3=O)CO2)c1. The number of benzene rings is 2. The monoisotopic (exact) mass is 489 g/mol. The molecule has 2 amide bonds. The number of hydrogen-bond acceptors (Lipinski definition) is 6. The summed E-state index contributed by atoms with van der Waals surface area (Å²) < 4.78 is 24.0. The van der Waals surface area contributed by atoms with Crippen LogP contribution in [0.4, 0.5) is 0 Å². The van der Waals surface area contributed by atoms with E-state index < -0.39 is 6.29 Å². The van der Waals surface area contributed by atoms with Gasteiger partial charge in [0.05, 0.1) is 30.9 Å². The van der Waals surface area contributed by atoms with Gasteiger partial charge in [-0.05, 0) is 43.7 Å². The fourth-order valence-electron chi connectivity index (χ4n) is 3.64. The Balaban J connectivity index is 1.22. The second-order valence-electron chi connectivity index (χ2n) is 7.27. The molecule has 0 aliphatic carbocycles. The van der Waals surface area contributed by atoms with Crippen molar-refractivity contribution in [3.63, 3.8) is 0 Å². The van der Waals surface area contributed by atoms with E-state index in [4.69, 9.17) is 18.9 Å². The molecule has 0 unspecified atom stereocenters. The molecule has 0 N–H and O–H groups in total. The van der Waals surface area contributed by atoms with Gasteiger partial charge in [0.2, 0.25) is 0 Å². The quantitative estimate of drug-likeness (QED) is 0.412. The third-order valence-corrected chi connectivity index (χ3v) is 5.88. The van der Waals surface area contributed by atoms with Crippen LogP contribution < -0.4 is 4.74 Å². The van der Waals surface area contributed by atoms with E-state index >= 15 is 0 Å². The van der Waals surface area contributed by atoms with Crippen LogP contribution in [-0.4, -0.2) is 55.8 Å². The fourth-order valence-corrected chi connectivity index (χ4v) is 4.07. The molecule has 1 fully saturated rings. The smallest absolute Gasteiger partial charge is 0.261 e. The van der Waals surface area contributed by atoms with Crippen molar-refractivity contribution in [2.24, 2.45) is 0 Å². The first kappa shape index (κ1) is 22.0. The van der Waals surface area contributed by atoms with Gasteiger partial charge in [0.15, 0.2) is 6.29 Å². The Labute approximate surface area is 189 Å². The van der Waals surface area contributed by atoms with E-state index in [9.17, 15) is 9.59 Å². The number of hydrogen-bond donors (Lipinski definition) is 0. The standard InChI is InChI=1S/C23H24BrNO6/c1-2-28-15-8-9-20(24)19(12-15)23-30-13-16(14-31-23)29-11-5-10-25-21(26)17-6-3-4-7-18(17)22(25)27/h3-4,6-9,12,16,23H,2,5,10-11,13-14H2,1H3. The number of halogens is 1. The van der Waals surface area contributed by atoms with E-state index in [1.165, 1.54) is 4.90 Å². The van der Waals surface area contributed by atoms with Crippen molar-refractivity contribution in [3.05, 3.63) is 63.6 Å². The molecule has 0 atom stereocenters. The molecule has 2 aromatic carbocycles. The van der Waals surface area contributed by atoms with Crippen molar-refractivity contribution in [2.45, 2.75) is 25.7 Å². The number of nitrogens with zero attached hydrogens (tertiary/aromatic N) is 1. The van der Waals surface area contributed by atoms with E-state index in [-0.39, 0.29) is 17.9 Å². The summed E-state index contributed by atoms with van der Waals surface area (Å²) in [7, 11) is 0. The van der Waals surface area contributed by atoms with Gasteiger partial charge < -0.3 is 18.9 Å². The Bertz CT molecular complexity index is 922. The van der Waals surface area contributed by atoms with Crippen LogP contribution in [0, 0.1) is 0 Å².